The number of ether oxygens (including phenoxy) is 2. The van der Waals surface area contributed by atoms with Crippen LogP contribution >= 0.6 is 0 Å². The smallest absolute Gasteiger partial charge is 0.273 e. The number of hydrogen-bond acceptors (Lipinski definition) is 7. The fraction of sp³-hybridized carbons (Fsp3) is 1.00. The Bertz CT molecular complexity index is 451. The summed E-state index contributed by atoms with van der Waals surface area (Å²) < 4.78 is 11.2. The first-order valence-corrected chi connectivity index (χ1v) is 6.64. The van der Waals surface area contributed by atoms with Crippen LogP contribution in [0.15, 0.2) is 0 Å². The molecule has 20 heavy (non-hydrogen) atoms. The second-order valence-electron chi connectivity index (χ2n) is 6.00. The van der Waals surface area contributed by atoms with E-state index < -0.39 is 22.3 Å². The van der Waals surface area contributed by atoms with Crippen LogP contribution < -0.4 is 0 Å². The monoisotopic (exact) mass is 287 g/mol. The van der Waals surface area contributed by atoms with Gasteiger partial charge < -0.3 is 9.47 Å². The highest BCUT2D eigenvalue weighted by Crippen LogP contribution is 2.49. The number of likely N-dealkylation sites (N-methyl/N-ethyl adjacent to an activating group) is 1. The van der Waals surface area contributed by atoms with Gasteiger partial charge in [-0.05, 0) is 7.05 Å². The zero-order chi connectivity index (χ0) is 14.5. The van der Waals surface area contributed by atoms with E-state index in [1.54, 1.807) is 7.05 Å². The molecule has 2 aliphatic heterocycles. The number of rotatable bonds is 2. The number of nitro groups is 2. The molecule has 1 spiro atoms. The minimum Gasteiger partial charge on any atom is -0.342 e. The molecule has 0 aromatic rings. The Kier molecular flexibility index (Phi) is 2.96. The molecule has 3 unspecified atom stereocenters. The van der Waals surface area contributed by atoms with E-state index in [4.69, 9.17) is 9.47 Å². The van der Waals surface area contributed by atoms with E-state index in [1.807, 2.05) is 4.90 Å². The van der Waals surface area contributed by atoms with Crippen molar-refractivity contribution in [1.29, 1.82) is 0 Å². The number of likely N-dealkylation sites (tertiary alicyclic amines) is 1. The van der Waals surface area contributed by atoms with E-state index in [0.29, 0.717) is 19.8 Å². The van der Waals surface area contributed by atoms with E-state index in [1.165, 1.54) is 0 Å². The van der Waals surface area contributed by atoms with E-state index in [2.05, 4.69) is 0 Å². The van der Waals surface area contributed by atoms with Crippen LogP contribution in [0.4, 0.5) is 0 Å². The highest BCUT2D eigenvalue weighted by Gasteiger charge is 2.70. The fourth-order valence-corrected chi connectivity index (χ4v) is 4.02. The number of hydrogen-bond donors (Lipinski definition) is 0. The summed E-state index contributed by atoms with van der Waals surface area (Å²) in [6, 6.07) is -1.18. The third kappa shape index (κ3) is 1.73. The van der Waals surface area contributed by atoms with Crippen molar-refractivity contribution in [1.82, 2.24) is 4.90 Å². The third-order valence-electron chi connectivity index (χ3n) is 4.71. The van der Waals surface area contributed by atoms with Gasteiger partial charge in [-0.2, -0.15) is 0 Å². The number of nitrogens with zero attached hydrogens (tertiary/aromatic N) is 3. The van der Waals surface area contributed by atoms with Crippen molar-refractivity contribution in [3.05, 3.63) is 20.2 Å². The first kappa shape index (κ1) is 13.7. The van der Waals surface area contributed by atoms with Crippen LogP contribution in [0.5, 0.6) is 0 Å². The number of piperidine rings is 1. The maximum absolute atomic E-state index is 11.5. The molecule has 3 aliphatic rings. The lowest BCUT2D eigenvalue weighted by molar-refractivity contribution is -0.630. The molecule has 9 nitrogen and oxygen atoms in total. The largest absolute Gasteiger partial charge is 0.342 e. The lowest BCUT2D eigenvalue weighted by Crippen LogP contribution is -2.70. The molecule has 0 aromatic carbocycles. The zero-order valence-electron chi connectivity index (χ0n) is 11.2. The molecule has 9 heteroatoms. The van der Waals surface area contributed by atoms with Gasteiger partial charge in [0.25, 0.3) is 6.04 Å². The van der Waals surface area contributed by atoms with Gasteiger partial charge in [0.1, 0.15) is 0 Å². The molecule has 2 saturated heterocycles. The van der Waals surface area contributed by atoms with Crippen LogP contribution in [0.2, 0.25) is 0 Å². The van der Waals surface area contributed by atoms with Gasteiger partial charge >= 0.3 is 0 Å². The first-order valence-electron chi connectivity index (χ1n) is 6.64. The Hall–Kier alpha value is -1.32. The average molecular weight is 287 g/mol. The predicted octanol–water partition coefficient (Wildman–Crippen LogP) is -0.254. The van der Waals surface area contributed by atoms with Crippen molar-refractivity contribution in [3.8, 4) is 0 Å². The quantitative estimate of drug-likeness (QED) is 0.508. The van der Waals surface area contributed by atoms with Gasteiger partial charge in [0, 0.05) is 28.7 Å². The van der Waals surface area contributed by atoms with Crippen LogP contribution in [0.1, 0.15) is 12.8 Å². The SMILES string of the molecule is CN1CC2CC([N+](=O)[O-])(CC([N+](=O)[O-])C23OCCO3)C1. The summed E-state index contributed by atoms with van der Waals surface area (Å²) in [5.41, 5.74) is -1.27. The molecule has 112 valence electrons. The highest BCUT2D eigenvalue weighted by molar-refractivity contribution is 5.07. The first-order chi connectivity index (χ1) is 9.40. The average Bonchev–Trinajstić information content (AvgIpc) is 2.83. The lowest BCUT2D eigenvalue weighted by Gasteiger charge is -2.50. The molecule has 3 fully saturated rings. The van der Waals surface area contributed by atoms with Crippen LogP contribution in [-0.2, 0) is 9.47 Å². The fourth-order valence-electron chi connectivity index (χ4n) is 4.02. The molecule has 0 N–H and O–H groups in total. The van der Waals surface area contributed by atoms with Gasteiger partial charge in [0.15, 0.2) is 0 Å². The highest BCUT2D eigenvalue weighted by atomic mass is 16.8. The third-order valence-corrected chi connectivity index (χ3v) is 4.71. The van der Waals surface area contributed by atoms with Crippen molar-refractivity contribution in [3.63, 3.8) is 0 Å². The maximum atomic E-state index is 11.5. The van der Waals surface area contributed by atoms with Gasteiger partial charge in [-0.3, -0.25) is 25.1 Å². The zero-order valence-corrected chi connectivity index (χ0v) is 11.2. The molecule has 0 radical (unpaired) electrons. The summed E-state index contributed by atoms with van der Waals surface area (Å²) in [5, 5.41) is 22.9. The van der Waals surface area contributed by atoms with Gasteiger partial charge in [0.05, 0.1) is 26.2 Å². The van der Waals surface area contributed by atoms with Crippen molar-refractivity contribution in [2.45, 2.75) is 30.2 Å². The lowest BCUT2D eigenvalue weighted by atomic mass is 9.67. The molecular formula is C11H17N3O6. The van der Waals surface area contributed by atoms with Crippen LogP contribution in [0.25, 0.3) is 0 Å². The Morgan fingerprint density at radius 3 is 2.40 bits per heavy atom. The summed E-state index contributed by atoms with van der Waals surface area (Å²) >= 11 is 0. The standard InChI is InChI=1S/C11H17N3O6/c1-12-6-8-4-10(7-12,14(17)18)5-9(13(15)16)11(8)19-2-3-20-11/h8-9H,2-7H2,1H3. The molecule has 1 aliphatic carbocycles. The van der Waals surface area contributed by atoms with Gasteiger partial charge in [-0.15, -0.1) is 0 Å². The predicted molar refractivity (Wildman–Crippen MR) is 65.4 cm³/mol. The van der Waals surface area contributed by atoms with Gasteiger partial charge in [-0.25, -0.2) is 0 Å². The maximum Gasteiger partial charge on any atom is 0.273 e. The van der Waals surface area contributed by atoms with E-state index in [-0.39, 0.29) is 30.2 Å². The van der Waals surface area contributed by atoms with E-state index in [9.17, 15) is 20.2 Å². The summed E-state index contributed by atoms with van der Waals surface area (Å²) in [5.74, 6) is -1.64. The minimum atomic E-state index is -1.29. The van der Waals surface area contributed by atoms with E-state index in [0.717, 1.165) is 0 Å². The van der Waals surface area contributed by atoms with Crippen LogP contribution in [-0.4, -0.2) is 65.5 Å². The molecule has 3 rings (SSSR count). The van der Waals surface area contributed by atoms with E-state index >= 15 is 0 Å². The Balaban J connectivity index is 2.03. The summed E-state index contributed by atoms with van der Waals surface area (Å²) in [4.78, 5) is 23.9. The van der Waals surface area contributed by atoms with Crippen LogP contribution in [0.3, 0.4) is 0 Å². The Morgan fingerprint density at radius 1 is 1.20 bits per heavy atom. The summed E-state index contributed by atoms with van der Waals surface area (Å²) in [6.45, 7) is 1.35. The molecular weight excluding hydrogens is 270 g/mol. The van der Waals surface area contributed by atoms with Crippen LogP contribution in [0, 0.1) is 26.1 Å². The Labute approximate surface area is 115 Å². The van der Waals surface area contributed by atoms with Gasteiger partial charge in [0.2, 0.25) is 11.3 Å². The van der Waals surface area contributed by atoms with Gasteiger partial charge in [-0.1, -0.05) is 0 Å². The molecule has 0 aromatic heterocycles. The van der Waals surface area contributed by atoms with Crippen molar-refractivity contribution in [2.24, 2.45) is 5.92 Å². The second kappa shape index (κ2) is 4.34. The van der Waals surface area contributed by atoms with Crippen molar-refractivity contribution >= 4 is 0 Å². The summed E-state index contributed by atoms with van der Waals surface area (Å²) in [6.07, 6.45) is 0.127. The molecule has 1 saturated carbocycles. The normalized spacial score (nSPS) is 39.9. The van der Waals surface area contributed by atoms with Crippen molar-refractivity contribution in [2.75, 3.05) is 33.4 Å². The topological polar surface area (TPSA) is 108 Å². The minimum absolute atomic E-state index is 0.145. The molecule has 2 bridgehead atoms. The Morgan fingerprint density at radius 2 is 1.85 bits per heavy atom. The molecule has 0 amide bonds. The summed E-state index contributed by atoms with van der Waals surface area (Å²) in [7, 11) is 1.79. The molecule has 3 atom stereocenters. The molecule has 2 heterocycles. The second-order valence-corrected chi connectivity index (χ2v) is 6.00. The van der Waals surface area contributed by atoms with Crippen molar-refractivity contribution < 1.29 is 19.3 Å². The number of fused-ring (bicyclic) bond motifs is 3.